The lowest BCUT2D eigenvalue weighted by atomic mass is 9.99. The van der Waals surface area contributed by atoms with E-state index in [4.69, 9.17) is 0 Å². The Kier molecular flexibility index (Phi) is 4.65. The van der Waals surface area contributed by atoms with Crippen molar-refractivity contribution in [3.8, 4) is 5.75 Å². The van der Waals surface area contributed by atoms with Gasteiger partial charge in [0.05, 0.1) is 11.3 Å². The van der Waals surface area contributed by atoms with Crippen LogP contribution in [0.25, 0.3) is 10.9 Å². The Labute approximate surface area is 131 Å². The Morgan fingerprint density at radius 3 is 2.77 bits per heavy atom. The van der Waals surface area contributed by atoms with E-state index in [9.17, 15) is 14.1 Å². The van der Waals surface area contributed by atoms with Crippen molar-refractivity contribution in [2.45, 2.75) is 13.8 Å². The standard InChI is InChI=1S/C15H19N3O3S/c1-5-16-15(20)11-9(2)13(18(3)22(4)21)10-7-6-8-17-12(10)14(11)19/h6-8,19H,5H2,1-4H3,(H,16,20). The fourth-order valence-corrected chi connectivity index (χ4v) is 2.96. The summed E-state index contributed by atoms with van der Waals surface area (Å²) in [4.78, 5) is 16.5. The molecule has 22 heavy (non-hydrogen) atoms. The third-order valence-corrected chi connectivity index (χ3v) is 4.47. The maximum atomic E-state index is 12.3. The van der Waals surface area contributed by atoms with Crippen LogP contribution in [0.3, 0.4) is 0 Å². The van der Waals surface area contributed by atoms with Crippen LogP contribution in [0.4, 0.5) is 5.69 Å². The maximum absolute atomic E-state index is 12.3. The van der Waals surface area contributed by atoms with Crippen LogP contribution in [0, 0.1) is 6.92 Å². The van der Waals surface area contributed by atoms with E-state index in [0.717, 1.165) is 0 Å². The Bertz CT molecular complexity index is 761. The van der Waals surface area contributed by atoms with Crippen LogP contribution in [0.15, 0.2) is 18.3 Å². The number of anilines is 1. The Hall–Kier alpha value is -2.15. The zero-order valence-corrected chi connectivity index (χ0v) is 13.8. The van der Waals surface area contributed by atoms with Crippen LogP contribution in [-0.2, 0) is 11.0 Å². The molecule has 2 rings (SSSR count). The Balaban J connectivity index is 2.87. The van der Waals surface area contributed by atoms with Gasteiger partial charge in [-0.05, 0) is 31.5 Å². The van der Waals surface area contributed by atoms with Crippen molar-refractivity contribution in [2.24, 2.45) is 0 Å². The van der Waals surface area contributed by atoms with Crippen molar-refractivity contribution in [3.05, 3.63) is 29.5 Å². The van der Waals surface area contributed by atoms with E-state index in [1.54, 1.807) is 49.8 Å². The first-order valence-corrected chi connectivity index (χ1v) is 8.37. The van der Waals surface area contributed by atoms with Crippen LogP contribution < -0.4 is 9.62 Å². The third-order valence-electron chi connectivity index (χ3n) is 3.52. The number of aromatic hydroxyl groups is 1. The molecule has 1 aromatic heterocycles. The smallest absolute Gasteiger partial charge is 0.255 e. The van der Waals surface area contributed by atoms with E-state index < -0.39 is 11.0 Å². The fourth-order valence-electron chi connectivity index (χ4n) is 2.46. The fraction of sp³-hybridized carbons (Fsp3) is 0.333. The second-order valence-electron chi connectivity index (χ2n) is 4.88. The van der Waals surface area contributed by atoms with E-state index in [0.29, 0.717) is 28.7 Å². The molecule has 0 radical (unpaired) electrons. The third kappa shape index (κ3) is 2.64. The number of benzene rings is 1. The predicted molar refractivity (Wildman–Crippen MR) is 88.6 cm³/mol. The van der Waals surface area contributed by atoms with Crippen molar-refractivity contribution in [1.82, 2.24) is 10.3 Å². The monoisotopic (exact) mass is 321 g/mol. The van der Waals surface area contributed by atoms with Crippen molar-refractivity contribution in [1.29, 1.82) is 0 Å². The number of hydrogen-bond acceptors (Lipinski definition) is 4. The molecule has 1 aromatic carbocycles. The van der Waals surface area contributed by atoms with Crippen LogP contribution in [-0.4, -0.2) is 40.1 Å². The molecule has 0 bridgehead atoms. The van der Waals surface area contributed by atoms with Gasteiger partial charge >= 0.3 is 0 Å². The molecule has 7 heteroatoms. The summed E-state index contributed by atoms with van der Waals surface area (Å²) in [5, 5.41) is 13.8. The van der Waals surface area contributed by atoms with Gasteiger partial charge in [0, 0.05) is 31.4 Å². The summed E-state index contributed by atoms with van der Waals surface area (Å²) in [6, 6.07) is 3.53. The highest BCUT2D eigenvalue weighted by Crippen LogP contribution is 2.39. The number of nitrogens with zero attached hydrogens (tertiary/aromatic N) is 2. The minimum Gasteiger partial charge on any atom is -0.505 e. The lowest BCUT2D eigenvalue weighted by Crippen LogP contribution is -2.26. The van der Waals surface area contributed by atoms with E-state index in [1.807, 2.05) is 0 Å². The average molecular weight is 321 g/mol. The highest BCUT2D eigenvalue weighted by molar-refractivity contribution is 7.85. The lowest BCUT2D eigenvalue weighted by Gasteiger charge is -2.23. The maximum Gasteiger partial charge on any atom is 0.255 e. The molecule has 1 heterocycles. The topological polar surface area (TPSA) is 82.5 Å². The molecule has 0 aliphatic heterocycles. The van der Waals surface area contributed by atoms with Gasteiger partial charge in [0.25, 0.3) is 5.91 Å². The first kappa shape index (κ1) is 16.2. The summed E-state index contributed by atoms with van der Waals surface area (Å²) in [7, 11) is 0.417. The molecule has 6 nitrogen and oxygen atoms in total. The average Bonchev–Trinajstić information content (AvgIpc) is 2.47. The number of fused-ring (bicyclic) bond motifs is 1. The number of carbonyl (C=O) groups is 1. The number of phenolic OH excluding ortho intramolecular Hbond substituents is 1. The predicted octanol–water partition coefficient (Wildman–Crippen LogP) is 1.73. The number of phenols is 1. The van der Waals surface area contributed by atoms with E-state index >= 15 is 0 Å². The quantitative estimate of drug-likeness (QED) is 0.898. The number of carbonyl (C=O) groups excluding carboxylic acids is 1. The summed E-state index contributed by atoms with van der Waals surface area (Å²) in [5.74, 6) is -0.528. The zero-order valence-electron chi connectivity index (χ0n) is 13.0. The molecule has 118 valence electrons. The van der Waals surface area contributed by atoms with Crippen LogP contribution in [0.5, 0.6) is 5.75 Å². The van der Waals surface area contributed by atoms with Gasteiger partial charge in [0.15, 0.2) is 5.75 Å². The number of rotatable bonds is 4. The summed E-state index contributed by atoms with van der Waals surface area (Å²) >= 11 is 0. The summed E-state index contributed by atoms with van der Waals surface area (Å²) in [6.07, 6.45) is 3.10. The van der Waals surface area contributed by atoms with E-state index in [-0.39, 0.29) is 17.2 Å². The molecule has 0 fully saturated rings. The SMILES string of the molecule is CCNC(=O)c1c(C)c(N(C)S(C)=O)c2cccnc2c1O. The van der Waals surface area contributed by atoms with Gasteiger partial charge in [-0.25, -0.2) is 4.21 Å². The normalized spacial score (nSPS) is 12.2. The highest BCUT2D eigenvalue weighted by Gasteiger charge is 2.24. The van der Waals surface area contributed by atoms with Gasteiger partial charge in [-0.15, -0.1) is 0 Å². The van der Waals surface area contributed by atoms with Crippen LogP contribution >= 0.6 is 0 Å². The summed E-state index contributed by atoms with van der Waals surface area (Å²) in [6.45, 7) is 3.98. The molecule has 2 N–H and O–H groups in total. The first-order valence-electron chi connectivity index (χ1n) is 6.85. The minimum atomic E-state index is -1.27. The molecule has 1 amide bonds. The molecular formula is C15H19N3O3S. The second kappa shape index (κ2) is 6.31. The zero-order chi connectivity index (χ0) is 16.4. The number of hydrogen-bond donors (Lipinski definition) is 2. The van der Waals surface area contributed by atoms with E-state index in [2.05, 4.69) is 10.3 Å². The molecule has 1 atom stereocenters. The van der Waals surface area contributed by atoms with Gasteiger partial charge in [-0.1, -0.05) is 0 Å². The largest absolute Gasteiger partial charge is 0.505 e. The Morgan fingerprint density at radius 2 is 2.18 bits per heavy atom. The van der Waals surface area contributed by atoms with E-state index in [1.165, 1.54) is 0 Å². The molecule has 0 aliphatic carbocycles. The highest BCUT2D eigenvalue weighted by atomic mass is 32.2. The van der Waals surface area contributed by atoms with Gasteiger partial charge in [-0.2, -0.15) is 0 Å². The first-order chi connectivity index (χ1) is 10.4. The number of nitrogens with one attached hydrogen (secondary N) is 1. The van der Waals surface area contributed by atoms with Gasteiger partial charge in [-0.3, -0.25) is 14.1 Å². The number of aromatic nitrogens is 1. The van der Waals surface area contributed by atoms with Gasteiger partial charge in [0.1, 0.15) is 16.5 Å². The molecular weight excluding hydrogens is 302 g/mol. The minimum absolute atomic E-state index is 0.155. The molecule has 0 spiro atoms. The molecule has 0 aliphatic rings. The van der Waals surface area contributed by atoms with Gasteiger partial charge < -0.3 is 10.4 Å². The Morgan fingerprint density at radius 1 is 1.50 bits per heavy atom. The summed E-state index contributed by atoms with van der Waals surface area (Å²) in [5.41, 5.74) is 1.69. The second-order valence-corrected chi connectivity index (χ2v) is 6.27. The lowest BCUT2D eigenvalue weighted by molar-refractivity contribution is 0.0953. The van der Waals surface area contributed by atoms with Gasteiger partial charge in [0.2, 0.25) is 0 Å². The van der Waals surface area contributed by atoms with Crippen LogP contribution in [0.1, 0.15) is 22.8 Å². The van der Waals surface area contributed by atoms with Crippen molar-refractivity contribution >= 4 is 33.5 Å². The number of amides is 1. The molecule has 1 unspecified atom stereocenters. The van der Waals surface area contributed by atoms with Crippen molar-refractivity contribution in [3.63, 3.8) is 0 Å². The van der Waals surface area contributed by atoms with Crippen molar-refractivity contribution in [2.75, 3.05) is 24.2 Å². The molecule has 2 aromatic rings. The number of pyridine rings is 1. The van der Waals surface area contributed by atoms with Crippen LogP contribution in [0.2, 0.25) is 0 Å². The molecule has 0 saturated carbocycles. The van der Waals surface area contributed by atoms with Crippen molar-refractivity contribution < 1.29 is 14.1 Å². The molecule has 0 saturated heterocycles. The summed E-state index contributed by atoms with van der Waals surface area (Å²) < 4.78 is 13.5.